The van der Waals surface area contributed by atoms with E-state index in [1.54, 1.807) is 0 Å². The monoisotopic (exact) mass is 310 g/mol. The number of aryl methyl sites for hydroxylation is 1. The molecule has 9 nitrogen and oxygen atoms in total. The lowest BCUT2D eigenvalue weighted by molar-refractivity contribution is -0.123. The van der Waals surface area contributed by atoms with E-state index in [9.17, 15) is 14.4 Å². The highest BCUT2D eigenvalue weighted by molar-refractivity contribution is 5.98. The average Bonchev–Trinajstić information content (AvgIpc) is 3.06. The number of esters is 1. The van der Waals surface area contributed by atoms with Crippen molar-refractivity contribution in [1.29, 1.82) is 0 Å². The van der Waals surface area contributed by atoms with Crippen LogP contribution in [0, 0.1) is 6.92 Å². The topological polar surface area (TPSA) is 137 Å². The Morgan fingerprint density at radius 2 is 2.05 bits per heavy atom. The van der Waals surface area contributed by atoms with Gasteiger partial charge in [-0.3, -0.25) is 10.1 Å². The molecule has 22 heavy (non-hydrogen) atoms. The van der Waals surface area contributed by atoms with E-state index >= 15 is 0 Å². The summed E-state index contributed by atoms with van der Waals surface area (Å²) in [5, 5.41) is 8.29. The molecule has 1 fully saturated rings. The molecule has 0 aliphatic heterocycles. The normalized spacial score (nSPS) is 14.6. The SMILES string of the molecule is Cc1noc(N)c1C(=O)OCC(=O)NC(=O)NC1CCCC1. The molecule has 0 radical (unpaired) electrons. The number of nitrogen functional groups attached to an aromatic ring is 1. The van der Waals surface area contributed by atoms with Crippen LogP contribution in [0.15, 0.2) is 4.52 Å². The second-order valence-electron chi connectivity index (χ2n) is 5.09. The lowest BCUT2D eigenvalue weighted by Crippen LogP contribution is -2.45. The molecular weight excluding hydrogens is 292 g/mol. The molecule has 0 atom stereocenters. The highest BCUT2D eigenvalue weighted by Crippen LogP contribution is 2.17. The van der Waals surface area contributed by atoms with Crippen molar-refractivity contribution >= 4 is 23.8 Å². The van der Waals surface area contributed by atoms with Crippen molar-refractivity contribution in [3.63, 3.8) is 0 Å². The van der Waals surface area contributed by atoms with E-state index in [2.05, 4.69) is 20.3 Å². The molecule has 3 amide bonds. The van der Waals surface area contributed by atoms with E-state index in [-0.39, 0.29) is 23.2 Å². The third-order valence-corrected chi connectivity index (χ3v) is 3.37. The van der Waals surface area contributed by atoms with Gasteiger partial charge in [0.05, 0.1) is 5.69 Å². The summed E-state index contributed by atoms with van der Waals surface area (Å²) in [6.07, 6.45) is 3.94. The number of carbonyl (C=O) groups excluding carboxylic acids is 3. The van der Waals surface area contributed by atoms with E-state index < -0.39 is 24.5 Å². The Morgan fingerprint density at radius 3 is 2.64 bits per heavy atom. The van der Waals surface area contributed by atoms with Crippen LogP contribution in [0.2, 0.25) is 0 Å². The number of nitrogens with two attached hydrogens (primary N) is 1. The number of hydrogen-bond donors (Lipinski definition) is 3. The molecule has 1 aliphatic carbocycles. The molecule has 1 heterocycles. The zero-order valence-corrected chi connectivity index (χ0v) is 12.2. The van der Waals surface area contributed by atoms with Crippen molar-refractivity contribution < 1.29 is 23.6 Å². The number of hydrogen-bond acceptors (Lipinski definition) is 7. The standard InChI is InChI=1S/C13H18N4O5/c1-7-10(11(14)22-17-7)12(19)21-6-9(18)16-13(20)15-8-4-2-3-5-8/h8H,2-6,14H2,1H3,(H2,15,16,18,20). The minimum Gasteiger partial charge on any atom is -0.452 e. The second-order valence-corrected chi connectivity index (χ2v) is 5.09. The number of carbonyl (C=O) groups is 3. The van der Waals surface area contributed by atoms with Crippen LogP contribution < -0.4 is 16.4 Å². The summed E-state index contributed by atoms with van der Waals surface area (Å²) in [5.41, 5.74) is 5.67. The highest BCUT2D eigenvalue weighted by atomic mass is 16.5. The van der Waals surface area contributed by atoms with Crippen LogP contribution in [0.4, 0.5) is 10.7 Å². The van der Waals surface area contributed by atoms with Gasteiger partial charge in [0.2, 0.25) is 5.88 Å². The van der Waals surface area contributed by atoms with Gasteiger partial charge in [-0.15, -0.1) is 0 Å². The summed E-state index contributed by atoms with van der Waals surface area (Å²) in [4.78, 5) is 34.8. The number of imide groups is 1. The van der Waals surface area contributed by atoms with Crippen LogP contribution in [0.25, 0.3) is 0 Å². The molecule has 4 N–H and O–H groups in total. The maximum Gasteiger partial charge on any atom is 0.346 e. The number of anilines is 1. The fourth-order valence-corrected chi connectivity index (χ4v) is 2.29. The van der Waals surface area contributed by atoms with Crippen molar-refractivity contribution in [2.45, 2.75) is 38.6 Å². The number of aromatic nitrogens is 1. The highest BCUT2D eigenvalue weighted by Gasteiger charge is 2.22. The third-order valence-electron chi connectivity index (χ3n) is 3.37. The number of rotatable bonds is 4. The van der Waals surface area contributed by atoms with E-state index in [0.717, 1.165) is 25.7 Å². The Hall–Kier alpha value is -2.58. The molecular formula is C13H18N4O5. The molecule has 2 rings (SSSR count). The van der Waals surface area contributed by atoms with Crippen molar-refractivity contribution in [3.05, 3.63) is 11.3 Å². The predicted octanol–water partition coefficient (Wildman–Crippen LogP) is 0.490. The van der Waals surface area contributed by atoms with Gasteiger partial charge in [0, 0.05) is 6.04 Å². The van der Waals surface area contributed by atoms with Crippen LogP contribution in [0.1, 0.15) is 41.7 Å². The minimum absolute atomic E-state index is 0.0248. The van der Waals surface area contributed by atoms with Crippen LogP contribution in [0.5, 0.6) is 0 Å². The molecule has 9 heteroatoms. The number of nitrogens with zero attached hydrogens (tertiary/aromatic N) is 1. The largest absolute Gasteiger partial charge is 0.452 e. The van der Waals surface area contributed by atoms with E-state index in [1.807, 2.05) is 0 Å². The first kappa shape index (κ1) is 15.8. The first-order valence-electron chi connectivity index (χ1n) is 6.96. The number of amides is 3. The fourth-order valence-electron chi connectivity index (χ4n) is 2.29. The molecule has 0 saturated heterocycles. The first-order valence-corrected chi connectivity index (χ1v) is 6.96. The summed E-state index contributed by atoms with van der Waals surface area (Å²) in [6.45, 7) is 0.923. The summed E-state index contributed by atoms with van der Waals surface area (Å²) < 4.78 is 9.39. The van der Waals surface area contributed by atoms with Gasteiger partial charge in [0.25, 0.3) is 5.91 Å². The quantitative estimate of drug-likeness (QED) is 0.688. The summed E-state index contributed by atoms with van der Waals surface area (Å²) >= 11 is 0. The summed E-state index contributed by atoms with van der Waals surface area (Å²) in [6, 6.07) is -0.497. The number of nitrogens with one attached hydrogen (secondary N) is 2. The summed E-state index contributed by atoms with van der Waals surface area (Å²) in [7, 11) is 0. The zero-order valence-electron chi connectivity index (χ0n) is 12.2. The van der Waals surface area contributed by atoms with Crippen molar-refractivity contribution in [2.75, 3.05) is 12.3 Å². The van der Waals surface area contributed by atoms with Gasteiger partial charge in [0.15, 0.2) is 6.61 Å². The van der Waals surface area contributed by atoms with Crippen LogP contribution >= 0.6 is 0 Å². The second kappa shape index (κ2) is 6.92. The Bertz CT molecular complexity index is 557. The van der Waals surface area contributed by atoms with Crippen LogP contribution in [0.3, 0.4) is 0 Å². The smallest absolute Gasteiger partial charge is 0.346 e. The molecule has 1 aromatic heterocycles. The Balaban J connectivity index is 1.75. The molecule has 1 aliphatic rings. The molecule has 120 valence electrons. The number of ether oxygens (including phenoxy) is 1. The average molecular weight is 310 g/mol. The van der Waals surface area contributed by atoms with Gasteiger partial charge in [-0.05, 0) is 19.8 Å². The maximum absolute atomic E-state index is 11.7. The minimum atomic E-state index is -0.831. The van der Waals surface area contributed by atoms with E-state index in [0.29, 0.717) is 0 Å². The van der Waals surface area contributed by atoms with E-state index in [1.165, 1.54) is 6.92 Å². The first-order chi connectivity index (χ1) is 10.5. The molecule has 0 unspecified atom stereocenters. The Kier molecular flexibility index (Phi) is 4.97. The van der Waals surface area contributed by atoms with Crippen LogP contribution in [-0.4, -0.2) is 35.7 Å². The van der Waals surface area contributed by atoms with Crippen LogP contribution in [-0.2, 0) is 9.53 Å². The Labute approximate surface area is 126 Å². The van der Waals surface area contributed by atoms with Crippen molar-refractivity contribution in [2.24, 2.45) is 0 Å². The molecule has 0 aromatic carbocycles. The number of urea groups is 1. The molecule has 0 bridgehead atoms. The van der Waals surface area contributed by atoms with Gasteiger partial charge < -0.3 is 20.3 Å². The van der Waals surface area contributed by atoms with Gasteiger partial charge >= 0.3 is 12.0 Å². The third kappa shape index (κ3) is 3.96. The fraction of sp³-hybridized carbons (Fsp3) is 0.538. The molecule has 0 spiro atoms. The molecule has 1 saturated carbocycles. The van der Waals surface area contributed by atoms with Gasteiger partial charge in [-0.1, -0.05) is 18.0 Å². The van der Waals surface area contributed by atoms with Crippen molar-refractivity contribution in [1.82, 2.24) is 15.8 Å². The van der Waals surface area contributed by atoms with E-state index in [4.69, 9.17) is 10.5 Å². The van der Waals surface area contributed by atoms with Crippen molar-refractivity contribution in [3.8, 4) is 0 Å². The Morgan fingerprint density at radius 1 is 1.36 bits per heavy atom. The lowest BCUT2D eigenvalue weighted by Gasteiger charge is -2.12. The summed E-state index contributed by atoms with van der Waals surface area (Å²) in [5.74, 6) is -1.74. The zero-order chi connectivity index (χ0) is 16.1. The van der Waals surface area contributed by atoms with Gasteiger partial charge in [-0.25, -0.2) is 9.59 Å². The molecule has 1 aromatic rings. The lowest BCUT2D eigenvalue weighted by atomic mass is 10.2. The predicted molar refractivity (Wildman–Crippen MR) is 74.9 cm³/mol. The van der Waals surface area contributed by atoms with Gasteiger partial charge in [0.1, 0.15) is 5.56 Å². The van der Waals surface area contributed by atoms with Gasteiger partial charge in [-0.2, -0.15) is 0 Å². The maximum atomic E-state index is 11.7.